The number of hydrogen-bond acceptors (Lipinski definition) is 2. The number of benzene rings is 1. The lowest BCUT2D eigenvalue weighted by Gasteiger charge is -2.05. The van der Waals surface area contributed by atoms with Gasteiger partial charge in [0.1, 0.15) is 18.6 Å². The molecule has 0 spiro atoms. The van der Waals surface area contributed by atoms with Crippen LogP contribution in [-0.4, -0.2) is 12.9 Å². The van der Waals surface area contributed by atoms with Gasteiger partial charge < -0.3 is 4.74 Å². The fraction of sp³-hybridized carbons (Fsp3) is 0.100. The molecule has 0 saturated carbocycles. The van der Waals surface area contributed by atoms with Crippen molar-refractivity contribution in [3.05, 3.63) is 40.4 Å². The summed E-state index contributed by atoms with van der Waals surface area (Å²) < 4.78 is 5.26. The third kappa shape index (κ3) is 3.05. The van der Waals surface area contributed by atoms with E-state index in [1.54, 1.807) is 24.3 Å². The highest BCUT2D eigenvalue weighted by atomic mass is 35.5. The Morgan fingerprint density at radius 1 is 1.43 bits per heavy atom. The molecule has 0 heterocycles. The van der Waals surface area contributed by atoms with Crippen LogP contribution in [-0.2, 0) is 0 Å². The normalized spacial score (nSPS) is 10.4. The predicted molar refractivity (Wildman–Crippen MR) is 57.3 cm³/mol. The highest BCUT2D eigenvalue weighted by molar-refractivity contribution is 6.32. The average Bonchev–Trinajstić information content (AvgIpc) is 2.20. The van der Waals surface area contributed by atoms with E-state index in [0.29, 0.717) is 22.9 Å². The molecule has 74 valence electrons. The van der Waals surface area contributed by atoms with Crippen molar-refractivity contribution in [2.75, 3.05) is 6.61 Å². The van der Waals surface area contributed by atoms with Crippen LogP contribution in [0.1, 0.15) is 10.4 Å². The highest BCUT2D eigenvalue weighted by Crippen LogP contribution is 2.24. The lowest BCUT2D eigenvalue weighted by atomic mass is 10.2. The van der Waals surface area contributed by atoms with Crippen molar-refractivity contribution in [1.29, 1.82) is 0 Å². The number of aldehydes is 1. The predicted octanol–water partition coefficient (Wildman–Crippen LogP) is 3.28. The van der Waals surface area contributed by atoms with Gasteiger partial charge in [-0.15, -0.1) is 0 Å². The van der Waals surface area contributed by atoms with Crippen LogP contribution in [0.5, 0.6) is 5.75 Å². The van der Waals surface area contributed by atoms with Gasteiger partial charge in [0, 0.05) is 11.1 Å². The number of carbonyl (C=O) groups excluding carboxylic acids is 1. The van der Waals surface area contributed by atoms with Crippen molar-refractivity contribution in [1.82, 2.24) is 0 Å². The van der Waals surface area contributed by atoms with E-state index in [0.717, 1.165) is 6.29 Å². The molecule has 0 atom stereocenters. The highest BCUT2D eigenvalue weighted by Gasteiger charge is 2.01. The Bertz CT molecular complexity index is 348. The molecule has 0 aliphatic heterocycles. The lowest BCUT2D eigenvalue weighted by Crippen LogP contribution is -1.94. The standard InChI is InChI=1S/C10H8Cl2O2/c11-4-1-5-14-10-3-2-8(7-13)6-9(10)12/h1-4,6-7H,5H2. The summed E-state index contributed by atoms with van der Waals surface area (Å²) in [6.07, 6.45) is 2.37. The number of rotatable bonds is 4. The fourth-order valence-corrected chi connectivity index (χ4v) is 1.20. The lowest BCUT2D eigenvalue weighted by molar-refractivity contribution is 0.112. The van der Waals surface area contributed by atoms with E-state index in [-0.39, 0.29) is 0 Å². The Kier molecular flexibility index (Phi) is 4.50. The van der Waals surface area contributed by atoms with Gasteiger partial charge >= 0.3 is 0 Å². The molecule has 0 aliphatic rings. The first-order valence-electron chi connectivity index (χ1n) is 3.90. The van der Waals surface area contributed by atoms with Crippen molar-refractivity contribution >= 4 is 29.5 Å². The van der Waals surface area contributed by atoms with Gasteiger partial charge in [-0.3, -0.25) is 4.79 Å². The maximum Gasteiger partial charge on any atom is 0.150 e. The molecule has 0 saturated heterocycles. The Morgan fingerprint density at radius 3 is 2.79 bits per heavy atom. The van der Waals surface area contributed by atoms with Gasteiger partial charge in [0.05, 0.1) is 5.02 Å². The molecule has 0 aromatic heterocycles. The molecule has 1 rings (SSSR count). The molecule has 1 aromatic carbocycles. The maximum atomic E-state index is 10.4. The summed E-state index contributed by atoms with van der Waals surface area (Å²) in [6.45, 7) is 0.351. The van der Waals surface area contributed by atoms with E-state index in [9.17, 15) is 4.79 Å². The molecule has 2 nitrogen and oxygen atoms in total. The number of halogens is 2. The second-order valence-corrected chi connectivity index (χ2v) is 3.14. The van der Waals surface area contributed by atoms with Gasteiger partial charge in [-0.1, -0.05) is 23.2 Å². The summed E-state index contributed by atoms with van der Waals surface area (Å²) in [5.74, 6) is 0.534. The molecule has 0 N–H and O–H groups in total. The van der Waals surface area contributed by atoms with Gasteiger partial charge in [-0.25, -0.2) is 0 Å². The second kappa shape index (κ2) is 5.68. The van der Waals surface area contributed by atoms with Gasteiger partial charge in [0.2, 0.25) is 0 Å². The van der Waals surface area contributed by atoms with Crippen molar-refractivity contribution in [2.24, 2.45) is 0 Å². The summed E-state index contributed by atoms with van der Waals surface area (Å²) in [5, 5.41) is 0.414. The molecular formula is C10H8Cl2O2. The Balaban J connectivity index is 2.73. The van der Waals surface area contributed by atoms with Crippen LogP contribution in [0.3, 0.4) is 0 Å². The minimum Gasteiger partial charge on any atom is -0.488 e. The summed E-state index contributed by atoms with van der Waals surface area (Å²) in [5.41, 5.74) is 1.89. The first kappa shape index (κ1) is 11.1. The smallest absolute Gasteiger partial charge is 0.150 e. The maximum absolute atomic E-state index is 10.4. The van der Waals surface area contributed by atoms with Crippen molar-refractivity contribution in [3.63, 3.8) is 0 Å². The van der Waals surface area contributed by atoms with Crippen molar-refractivity contribution < 1.29 is 9.53 Å². The van der Waals surface area contributed by atoms with E-state index in [2.05, 4.69) is 0 Å². The molecule has 0 aliphatic carbocycles. The van der Waals surface area contributed by atoms with E-state index in [1.807, 2.05) is 0 Å². The second-order valence-electron chi connectivity index (χ2n) is 2.48. The third-order valence-electron chi connectivity index (χ3n) is 1.52. The van der Waals surface area contributed by atoms with Gasteiger partial charge in [-0.2, -0.15) is 0 Å². The minimum atomic E-state index is 0.351. The molecule has 0 bridgehead atoms. The van der Waals surface area contributed by atoms with Crippen LogP contribution in [0.25, 0.3) is 0 Å². The van der Waals surface area contributed by atoms with Crippen LogP contribution in [0.15, 0.2) is 29.8 Å². The van der Waals surface area contributed by atoms with Crippen LogP contribution < -0.4 is 4.74 Å². The minimum absolute atomic E-state index is 0.351. The van der Waals surface area contributed by atoms with E-state index >= 15 is 0 Å². The molecule has 4 heteroatoms. The Labute approximate surface area is 92.1 Å². The van der Waals surface area contributed by atoms with E-state index in [1.165, 1.54) is 5.54 Å². The topological polar surface area (TPSA) is 26.3 Å². The molecule has 0 amide bonds. The Hall–Kier alpha value is -0.990. The van der Waals surface area contributed by atoms with Crippen molar-refractivity contribution in [2.45, 2.75) is 0 Å². The molecule has 0 unspecified atom stereocenters. The molecule has 14 heavy (non-hydrogen) atoms. The number of carbonyl (C=O) groups is 1. The van der Waals surface area contributed by atoms with Crippen LogP contribution in [0.4, 0.5) is 0 Å². The van der Waals surface area contributed by atoms with Crippen LogP contribution in [0.2, 0.25) is 5.02 Å². The van der Waals surface area contributed by atoms with E-state index < -0.39 is 0 Å². The molecule has 0 radical (unpaired) electrons. The fourth-order valence-electron chi connectivity index (χ4n) is 0.882. The zero-order valence-electron chi connectivity index (χ0n) is 7.24. The first-order valence-corrected chi connectivity index (χ1v) is 4.72. The monoisotopic (exact) mass is 230 g/mol. The average molecular weight is 231 g/mol. The van der Waals surface area contributed by atoms with Crippen LogP contribution >= 0.6 is 23.2 Å². The summed E-state index contributed by atoms with van der Waals surface area (Å²) >= 11 is 11.2. The summed E-state index contributed by atoms with van der Waals surface area (Å²) in [6, 6.07) is 4.83. The van der Waals surface area contributed by atoms with Gasteiger partial charge in [0.15, 0.2) is 0 Å². The zero-order valence-corrected chi connectivity index (χ0v) is 8.76. The summed E-state index contributed by atoms with van der Waals surface area (Å²) in [4.78, 5) is 10.4. The largest absolute Gasteiger partial charge is 0.488 e. The SMILES string of the molecule is O=Cc1ccc(OCC=CCl)c(Cl)c1. The zero-order chi connectivity index (χ0) is 10.4. The molecule has 1 aromatic rings. The third-order valence-corrected chi connectivity index (χ3v) is 1.99. The number of ether oxygens (including phenoxy) is 1. The van der Waals surface area contributed by atoms with Crippen molar-refractivity contribution in [3.8, 4) is 5.75 Å². The van der Waals surface area contributed by atoms with Gasteiger partial charge in [0.25, 0.3) is 0 Å². The number of hydrogen-bond donors (Lipinski definition) is 0. The molecule has 0 fully saturated rings. The van der Waals surface area contributed by atoms with Gasteiger partial charge in [-0.05, 0) is 24.3 Å². The Morgan fingerprint density at radius 2 is 2.21 bits per heavy atom. The quantitative estimate of drug-likeness (QED) is 0.743. The summed E-state index contributed by atoms with van der Waals surface area (Å²) in [7, 11) is 0. The molecular weight excluding hydrogens is 223 g/mol. The first-order chi connectivity index (χ1) is 6.77. The van der Waals surface area contributed by atoms with E-state index in [4.69, 9.17) is 27.9 Å². The van der Waals surface area contributed by atoms with Crippen LogP contribution in [0, 0.1) is 0 Å².